The summed E-state index contributed by atoms with van der Waals surface area (Å²) in [7, 11) is 0. The van der Waals surface area contributed by atoms with Gasteiger partial charge in [0.25, 0.3) is 0 Å². The molecule has 0 aliphatic rings. The van der Waals surface area contributed by atoms with Gasteiger partial charge in [-0.15, -0.1) is 0 Å². The molecule has 0 amide bonds. The smallest absolute Gasteiger partial charge is 0.0146 e. The molecular formula is C22H32. The third kappa shape index (κ3) is 4.12. The van der Waals surface area contributed by atoms with Crippen molar-refractivity contribution in [2.24, 2.45) is 0 Å². The van der Waals surface area contributed by atoms with Crippen LogP contribution in [0.3, 0.4) is 0 Å². The first-order chi connectivity index (χ1) is 10.7. The van der Waals surface area contributed by atoms with Crippen LogP contribution in [0, 0.1) is 13.8 Å². The second-order valence-corrected chi connectivity index (χ2v) is 6.86. The molecule has 0 heteroatoms. The van der Waals surface area contributed by atoms with E-state index >= 15 is 0 Å². The van der Waals surface area contributed by atoms with Gasteiger partial charge in [0.05, 0.1) is 0 Å². The number of unbranched alkanes of at least 4 members (excludes halogenated alkanes) is 3. The standard InChI is InChI=1S/C22H32/c1-5-7-8-9-11-19(10-6-2)22-18(4)13-14-20-16-17(3)12-15-21(20)22/h12-16,19H,5-11H2,1-4H3. The molecule has 0 spiro atoms. The minimum absolute atomic E-state index is 0.730. The average Bonchev–Trinajstić information content (AvgIpc) is 2.51. The Bertz CT molecular complexity index is 594. The number of benzene rings is 2. The largest absolute Gasteiger partial charge is 0.0654 e. The molecule has 0 saturated heterocycles. The van der Waals surface area contributed by atoms with E-state index in [0.717, 1.165) is 5.92 Å². The average molecular weight is 296 g/mol. The van der Waals surface area contributed by atoms with Crippen molar-refractivity contribution in [1.82, 2.24) is 0 Å². The molecule has 1 unspecified atom stereocenters. The molecule has 0 bridgehead atoms. The quantitative estimate of drug-likeness (QED) is 0.448. The first-order valence-corrected chi connectivity index (χ1v) is 9.17. The van der Waals surface area contributed by atoms with E-state index in [0.29, 0.717) is 0 Å². The highest BCUT2D eigenvalue weighted by Gasteiger charge is 2.16. The Balaban J connectivity index is 2.33. The number of aryl methyl sites for hydroxylation is 2. The van der Waals surface area contributed by atoms with Gasteiger partial charge in [-0.05, 0) is 54.5 Å². The van der Waals surface area contributed by atoms with E-state index in [1.54, 1.807) is 5.56 Å². The normalized spacial score (nSPS) is 12.7. The summed E-state index contributed by atoms with van der Waals surface area (Å²) in [6.45, 7) is 9.10. The second-order valence-electron chi connectivity index (χ2n) is 6.86. The Labute approximate surface area is 136 Å². The first-order valence-electron chi connectivity index (χ1n) is 9.17. The molecule has 0 aliphatic carbocycles. The lowest BCUT2D eigenvalue weighted by molar-refractivity contribution is 0.522. The molecule has 2 aromatic rings. The predicted molar refractivity (Wildman–Crippen MR) is 99.8 cm³/mol. The molecule has 0 N–H and O–H groups in total. The van der Waals surface area contributed by atoms with Gasteiger partial charge in [0.1, 0.15) is 0 Å². The SMILES string of the molecule is CCCCCCC(CCC)c1c(C)ccc2cc(C)ccc12. The van der Waals surface area contributed by atoms with Crippen LogP contribution in [0.25, 0.3) is 10.8 Å². The van der Waals surface area contributed by atoms with Gasteiger partial charge in [-0.1, -0.05) is 81.8 Å². The van der Waals surface area contributed by atoms with Crippen LogP contribution in [0.1, 0.15) is 81.4 Å². The lowest BCUT2D eigenvalue weighted by atomic mass is 9.83. The zero-order valence-electron chi connectivity index (χ0n) is 14.9. The van der Waals surface area contributed by atoms with Crippen molar-refractivity contribution in [1.29, 1.82) is 0 Å². The van der Waals surface area contributed by atoms with Gasteiger partial charge in [-0.2, -0.15) is 0 Å². The van der Waals surface area contributed by atoms with Crippen molar-refractivity contribution in [3.05, 3.63) is 47.0 Å². The van der Waals surface area contributed by atoms with Crippen molar-refractivity contribution in [2.75, 3.05) is 0 Å². The number of hydrogen-bond acceptors (Lipinski definition) is 0. The minimum Gasteiger partial charge on any atom is -0.0654 e. The van der Waals surface area contributed by atoms with Gasteiger partial charge in [-0.25, -0.2) is 0 Å². The van der Waals surface area contributed by atoms with Crippen LogP contribution in [-0.4, -0.2) is 0 Å². The third-order valence-corrected chi connectivity index (χ3v) is 4.89. The molecule has 0 fully saturated rings. The van der Waals surface area contributed by atoms with Crippen LogP contribution >= 0.6 is 0 Å². The van der Waals surface area contributed by atoms with Crippen molar-refractivity contribution >= 4 is 10.8 Å². The Hall–Kier alpha value is -1.30. The fourth-order valence-corrected chi connectivity index (χ4v) is 3.72. The Morgan fingerprint density at radius 1 is 0.818 bits per heavy atom. The topological polar surface area (TPSA) is 0 Å². The van der Waals surface area contributed by atoms with E-state index < -0.39 is 0 Å². The number of fused-ring (bicyclic) bond motifs is 1. The summed E-state index contributed by atoms with van der Waals surface area (Å²) in [4.78, 5) is 0. The zero-order chi connectivity index (χ0) is 15.9. The van der Waals surface area contributed by atoms with Gasteiger partial charge in [0.2, 0.25) is 0 Å². The molecule has 0 aliphatic heterocycles. The summed E-state index contributed by atoms with van der Waals surface area (Å²) in [6.07, 6.45) is 9.42. The van der Waals surface area contributed by atoms with Crippen molar-refractivity contribution in [3.8, 4) is 0 Å². The highest BCUT2D eigenvalue weighted by Crippen LogP contribution is 2.35. The fourth-order valence-electron chi connectivity index (χ4n) is 3.72. The zero-order valence-corrected chi connectivity index (χ0v) is 14.9. The summed E-state index contributed by atoms with van der Waals surface area (Å²) in [5.74, 6) is 0.730. The van der Waals surface area contributed by atoms with Crippen LogP contribution in [0.5, 0.6) is 0 Å². The van der Waals surface area contributed by atoms with E-state index in [-0.39, 0.29) is 0 Å². The van der Waals surface area contributed by atoms with E-state index in [1.807, 2.05) is 0 Å². The number of rotatable bonds is 8. The maximum absolute atomic E-state index is 2.35. The maximum Gasteiger partial charge on any atom is -0.0146 e. The summed E-state index contributed by atoms with van der Waals surface area (Å²) in [5, 5.41) is 2.90. The van der Waals surface area contributed by atoms with Crippen LogP contribution in [-0.2, 0) is 0 Å². The summed E-state index contributed by atoms with van der Waals surface area (Å²) in [6, 6.07) is 11.6. The minimum atomic E-state index is 0.730. The molecular weight excluding hydrogens is 264 g/mol. The third-order valence-electron chi connectivity index (χ3n) is 4.89. The van der Waals surface area contributed by atoms with Gasteiger partial charge < -0.3 is 0 Å². The summed E-state index contributed by atoms with van der Waals surface area (Å²) >= 11 is 0. The van der Waals surface area contributed by atoms with Crippen LogP contribution in [0.15, 0.2) is 30.3 Å². The maximum atomic E-state index is 2.35. The first kappa shape index (κ1) is 17.1. The monoisotopic (exact) mass is 296 g/mol. The van der Waals surface area contributed by atoms with Gasteiger partial charge in [0, 0.05) is 0 Å². The molecule has 22 heavy (non-hydrogen) atoms. The molecule has 0 saturated carbocycles. The summed E-state index contributed by atoms with van der Waals surface area (Å²) < 4.78 is 0. The van der Waals surface area contributed by atoms with Crippen molar-refractivity contribution < 1.29 is 0 Å². The molecule has 2 aromatic carbocycles. The Kier molecular flexibility index (Phi) is 6.49. The summed E-state index contributed by atoms with van der Waals surface area (Å²) in [5.41, 5.74) is 4.46. The lowest BCUT2D eigenvalue weighted by Gasteiger charge is -2.21. The molecule has 0 heterocycles. The van der Waals surface area contributed by atoms with Gasteiger partial charge in [0.15, 0.2) is 0 Å². The Morgan fingerprint density at radius 3 is 2.36 bits per heavy atom. The van der Waals surface area contributed by atoms with E-state index in [9.17, 15) is 0 Å². The van der Waals surface area contributed by atoms with E-state index in [2.05, 4.69) is 58.0 Å². The second kappa shape index (κ2) is 8.36. The number of hydrogen-bond donors (Lipinski definition) is 0. The van der Waals surface area contributed by atoms with Gasteiger partial charge in [-0.3, -0.25) is 0 Å². The predicted octanol–water partition coefficient (Wildman–Crippen LogP) is 7.31. The van der Waals surface area contributed by atoms with Gasteiger partial charge >= 0.3 is 0 Å². The lowest BCUT2D eigenvalue weighted by Crippen LogP contribution is -2.03. The Morgan fingerprint density at radius 2 is 1.64 bits per heavy atom. The molecule has 0 nitrogen and oxygen atoms in total. The molecule has 0 radical (unpaired) electrons. The molecule has 1 atom stereocenters. The molecule has 0 aromatic heterocycles. The van der Waals surface area contributed by atoms with Crippen molar-refractivity contribution in [3.63, 3.8) is 0 Å². The van der Waals surface area contributed by atoms with E-state index in [4.69, 9.17) is 0 Å². The highest BCUT2D eigenvalue weighted by atomic mass is 14.2. The van der Waals surface area contributed by atoms with E-state index in [1.165, 1.54) is 66.8 Å². The van der Waals surface area contributed by atoms with Crippen LogP contribution in [0.2, 0.25) is 0 Å². The van der Waals surface area contributed by atoms with Crippen LogP contribution < -0.4 is 0 Å². The fraction of sp³-hybridized carbons (Fsp3) is 0.545. The molecule has 120 valence electrons. The molecule has 2 rings (SSSR count). The van der Waals surface area contributed by atoms with Crippen molar-refractivity contribution in [2.45, 2.75) is 78.6 Å². The van der Waals surface area contributed by atoms with Crippen LogP contribution in [0.4, 0.5) is 0 Å². The highest BCUT2D eigenvalue weighted by molar-refractivity contribution is 5.87.